The summed E-state index contributed by atoms with van der Waals surface area (Å²) in [6.45, 7) is 1.99. The molecule has 128 valence electrons. The minimum atomic E-state index is -0.533. The number of aliphatic imine (C=N–C) groups is 1. The molecular formula is C18H18FN5O. The highest BCUT2D eigenvalue weighted by atomic mass is 19.1. The number of benzene rings is 2. The number of hydrogen-bond acceptors (Lipinski definition) is 3. The van der Waals surface area contributed by atoms with Crippen molar-refractivity contribution in [3.63, 3.8) is 0 Å². The first-order valence-corrected chi connectivity index (χ1v) is 7.57. The van der Waals surface area contributed by atoms with Gasteiger partial charge in [0.2, 0.25) is 5.96 Å². The maximum atomic E-state index is 14.3. The molecule has 2 aromatic rings. The summed E-state index contributed by atoms with van der Waals surface area (Å²) in [5.74, 6) is -0.992. The maximum absolute atomic E-state index is 14.3. The molecule has 1 amide bonds. The third kappa shape index (κ3) is 5.04. The van der Waals surface area contributed by atoms with Gasteiger partial charge in [-0.2, -0.15) is 5.26 Å². The lowest BCUT2D eigenvalue weighted by molar-refractivity contribution is -0.120. The zero-order chi connectivity index (χ0) is 18.2. The van der Waals surface area contributed by atoms with E-state index in [1.807, 2.05) is 37.3 Å². The Morgan fingerprint density at radius 1 is 1.28 bits per heavy atom. The van der Waals surface area contributed by atoms with Crippen LogP contribution in [0.25, 0.3) is 11.1 Å². The van der Waals surface area contributed by atoms with Gasteiger partial charge in [0, 0.05) is 5.56 Å². The van der Waals surface area contributed by atoms with Crippen LogP contribution in [0.1, 0.15) is 17.5 Å². The molecule has 0 aliphatic carbocycles. The van der Waals surface area contributed by atoms with Gasteiger partial charge < -0.3 is 5.73 Å². The van der Waals surface area contributed by atoms with Crippen LogP contribution in [0.2, 0.25) is 0 Å². The van der Waals surface area contributed by atoms with Crippen LogP contribution < -0.4 is 16.6 Å². The molecule has 2 rings (SSSR count). The smallest absolute Gasteiger partial charge is 0.252 e. The van der Waals surface area contributed by atoms with Gasteiger partial charge in [-0.3, -0.25) is 15.6 Å². The Morgan fingerprint density at radius 2 is 2.04 bits per heavy atom. The number of guanidine groups is 1. The topological polar surface area (TPSA) is 103 Å². The Kier molecular flexibility index (Phi) is 6.07. The van der Waals surface area contributed by atoms with E-state index in [9.17, 15) is 9.18 Å². The number of hydrogen-bond donors (Lipinski definition) is 3. The summed E-state index contributed by atoms with van der Waals surface area (Å²) in [6, 6.07) is 14.4. The van der Waals surface area contributed by atoms with E-state index in [0.717, 1.165) is 16.7 Å². The molecule has 7 heteroatoms. The zero-order valence-corrected chi connectivity index (χ0v) is 13.7. The number of carbonyl (C=O) groups is 1. The van der Waals surface area contributed by atoms with Gasteiger partial charge >= 0.3 is 0 Å². The van der Waals surface area contributed by atoms with Crippen LogP contribution in [0.4, 0.5) is 4.39 Å². The number of hydrazine groups is 1. The van der Waals surface area contributed by atoms with Crippen molar-refractivity contribution in [2.75, 3.05) is 0 Å². The predicted octanol–water partition coefficient (Wildman–Crippen LogP) is 2.15. The third-order valence-electron chi connectivity index (χ3n) is 3.50. The lowest BCUT2D eigenvalue weighted by Crippen LogP contribution is -2.45. The first-order valence-electron chi connectivity index (χ1n) is 7.57. The Morgan fingerprint density at radius 3 is 2.72 bits per heavy atom. The van der Waals surface area contributed by atoms with E-state index in [-0.39, 0.29) is 24.7 Å². The van der Waals surface area contributed by atoms with Crippen LogP contribution in [0.15, 0.2) is 47.5 Å². The number of halogens is 1. The number of aryl methyl sites for hydroxylation is 1. The lowest BCUT2D eigenvalue weighted by atomic mass is 9.99. The molecule has 0 saturated heterocycles. The van der Waals surface area contributed by atoms with Crippen LogP contribution in [0.3, 0.4) is 0 Å². The van der Waals surface area contributed by atoms with E-state index >= 15 is 0 Å². The molecule has 0 unspecified atom stereocenters. The molecule has 0 bridgehead atoms. The Balaban J connectivity index is 2.04. The van der Waals surface area contributed by atoms with Crippen molar-refractivity contribution in [1.82, 2.24) is 10.9 Å². The van der Waals surface area contributed by atoms with Crippen LogP contribution in [0.5, 0.6) is 0 Å². The van der Waals surface area contributed by atoms with Crippen molar-refractivity contribution < 1.29 is 9.18 Å². The Bertz CT molecular complexity index is 842. The summed E-state index contributed by atoms with van der Waals surface area (Å²) in [6.07, 6.45) is -0.296. The predicted molar refractivity (Wildman–Crippen MR) is 93.4 cm³/mol. The second-order valence-electron chi connectivity index (χ2n) is 5.33. The summed E-state index contributed by atoms with van der Waals surface area (Å²) in [4.78, 5) is 15.1. The summed E-state index contributed by atoms with van der Waals surface area (Å²) in [5.41, 5.74) is 13.3. The van der Waals surface area contributed by atoms with Crippen molar-refractivity contribution in [2.45, 2.75) is 19.9 Å². The molecule has 0 aromatic heterocycles. The van der Waals surface area contributed by atoms with Crippen molar-refractivity contribution in [3.05, 3.63) is 59.4 Å². The fraction of sp³-hybridized carbons (Fsp3) is 0.167. The molecular weight excluding hydrogens is 321 g/mol. The zero-order valence-electron chi connectivity index (χ0n) is 13.7. The largest absolute Gasteiger partial charge is 0.369 e. The highest BCUT2D eigenvalue weighted by molar-refractivity contribution is 5.83. The molecule has 0 saturated carbocycles. The van der Waals surface area contributed by atoms with Crippen molar-refractivity contribution >= 4 is 11.9 Å². The highest BCUT2D eigenvalue weighted by Crippen LogP contribution is 2.25. The quantitative estimate of drug-likeness (QED) is 0.451. The molecule has 2 aromatic carbocycles. The SMILES string of the molecule is Cc1ccccc1-c1ccc(CN=C(N)NNC(=O)CC#N)c(F)c1. The number of carbonyl (C=O) groups excluding carboxylic acids is 1. The summed E-state index contributed by atoms with van der Waals surface area (Å²) in [5, 5.41) is 8.36. The monoisotopic (exact) mass is 339 g/mol. The van der Waals surface area contributed by atoms with Crippen LogP contribution >= 0.6 is 0 Å². The van der Waals surface area contributed by atoms with E-state index in [1.54, 1.807) is 12.1 Å². The second kappa shape index (κ2) is 8.45. The lowest BCUT2D eigenvalue weighted by Gasteiger charge is -2.09. The average Bonchev–Trinajstić information content (AvgIpc) is 2.59. The van der Waals surface area contributed by atoms with Crippen LogP contribution in [0, 0.1) is 24.1 Å². The third-order valence-corrected chi connectivity index (χ3v) is 3.50. The van der Waals surface area contributed by atoms with E-state index in [4.69, 9.17) is 11.0 Å². The average molecular weight is 339 g/mol. The highest BCUT2D eigenvalue weighted by Gasteiger charge is 2.07. The van der Waals surface area contributed by atoms with Gasteiger partial charge in [-0.15, -0.1) is 0 Å². The van der Waals surface area contributed by atoms with E-state index in [1.165, 1.54) is 6.07 Å². The van der Waals surface area contributed by atoms with Crippen LogP contribution in [-0.4, -0.2) is 11.9 Å². The van der Waals surface area contributed by atoms with E-state index in [0.29, 0.717) is 5.56 Å². The van der Waals surface area contributed by atoms with Gasteiger partial charge in [0.25, 0.3) is 5.91 Å². The normalized spacial score (nSPS) is 10.8. The first-order chi connectivity index (χ1) is 12.0. The molecule has 0 atom stereocenters. The van der Waals surface area contributed by atoms with Crippen molar-refractivity contribution in [3.8, 4) is 17.2 Å². The molecule has 0 spiro atoms. The van der Waals surface area contributed by atoms with Gasteiger partial charge in [-0.05, 0) is 29.7 Å². The van der Waals surface area contributed by atoms with Crippen LogP contribution in [-0.2, 0) is 11.3 Å². The molecule has 0 heterocycles. The number of nitriles is 1. The molecule has 0 aliphatic heterocycles. The van der Waals surface area contributed by atoms with Gasteiger partial charge in [0.15, 0.2) is 0 Å². The molecule has 25 heavy (non-hydrogen) atoms. The first kappa shape index (κ1) is 17.9. The summed E-state index contributed by atoms with van der Waals surface area (Å²) >= 11 is 0. The minimum absolute atomic E-state index is 0.0207. The molecule has 6 nitrogen and oxygen atoms in total. The summed E-state index contributed by atoms with van der Waals surface area (Å²) in [7, 11) is 0. The Hall–Kier alpha value is -3.40. The van der Waals surface area contributed by atoms with Gasteiger partial charge in [-0.1, -0.05) is 36.4 Å². The van der Waals surface area contributed by atoms with E-state index in [2.05, 4.69) is 15.8 Å². The van der Waals surface area contributed by atoms with E-state index < -0.39 is 5.91 Å². The fourth-order valence-electron chi connectivity index (χ4n) is 2.20. The second-order valence-corrected chi connectivity index (χ2v) is 5.33. The molecule has 0 fully saturated rings. The number of nitrogens with two attached hydrogens (primary N) is 1. The minimum Gasteiger partial charge on any atom is -0.369 e. The molecule has 0 aliphatic rings. The fourth-order valence-corrected chi connectivity index (χ4v) is 2.20. The number of nitrogens with zero attached hydrogens (tertiary/aromatic N) is 2. The summed E-state index contributed by atoms with van der Waals surface area (Å²) < 4.78 is 14.3. The molecule has 4 N–H and O–H groups in total. The number of rotatable bonds is 4. The van der Waals surface area contributed by atoms with Gasteiger partial charge in [0.1, 0.15) is 12.2 Å². The molecule has 0 radical (unpaired) electrons. The van der Waals surface area contributed by atoms with Crippen molar-refractivity contribution in [2.24, 2.45) is 10.7 Å². The standard InChI is InChI=1S/C18H18FN5O/c1-12-4-2-3-5-15(12)13-6-7-14(16(19)10-13)11-22-18(21)24-23-17(25)8-9-20/h2-7,10H,8,11H2,1H3,(H,23,25)(H3,21,22,24). The maximum Gasteiger partial charge on any atom is 0.252 e. The van der Waals surface area contributed by atoms with Gasteiger partial charge in [0.05, 0.1) is 12.6 Å². The Labute approximate surface area is 145 Å². The van der Waals surface area contributed by atoms with Crippen molar-refractivity contribution in [1.29, 1.82) is 5.26 Å². The van der Waals surface area contributed by atoms with Gasteiger partial charge in [-0.25, -0.2) is 9.38 Å². The number of amides is 1. The number of nitrogens with one attached hydrogen (secondary N) is 2.